The zero-order valence-corrected chi connectivity index (χ0v) is 12.1. The van der Waals surface area contributed by atoms with Gasteiger partial charge in [-0.25, -0.2) is 4.79 Å². The van der Waals surface area contributed by atoms with Crippen molar-refractivity contribution < 1.29 is 14.7 Å². The number of hydrogen-bond acceptors (Lipinski definition) is 3. The standard InChI is InChI=1S/C16H20N2O3/c1-9-5-6-10(16(20)21)7-13(9)18-15(19)14-12-4-2-3-11(12)8-17-14/h5-7,11-12,14,17H,2-4,8H2,1H3,(H,18,19)(H,20,21). The van der Waals surface area contributed by atoms with Gasteiger partial charge >= 0.3 is 5.97 Å². The van der Waals surface area contributed by atoms with Crippen LogP contribution in [0.1, 0.15) is 35.2 Å². The van der Waals surface area contributed by atoms with Gasteiger partial charge in [0.2, 0.25) is 5.91 Å². The molecule has 1 saturated heterocycles. The molecule has 2 aliphatic rings. The number of aromatic carboxylic acids is 1. The highest BCUT2D eigenvalue weighted by atomic mass is 16.4. The number of hydrogen-bond donors (Lipinski definition) is 3. The number of carbonyl (C=O) groups excluding carboxylic acids is 1. The first-order chi connectivity index (χ1) is 10.1. The molecule has 1 amide bonds. The summed E-state index contributed by atoms with van der Waals surface area (Å²) in [4.78, 5) is 23.5. The van der Waals surface area contributed by atoms with E-state index in [1.165, 1.54) is 18.9 Å². The van der Waals surface area contributed by atoms with Crippen LogP contribution in [0.4, 0.5) is 5.69 Å². The molecule has 1 heterocycles. The van der Waals surface area contributed by atoms with Crippen molar-refractivity contribution in [3.63, 3.8) is 0 Å². The van der Waals surface area contributed by atoms with Crippen molar-refractivity contribution in [2.24, 2.45) is 11.8 Å². The molecule has 3 atom stereocenters. The van der Waals surface area contributed by atoms with Gasteiger partial charge in [0.15, 0.2) is 0 Å². The molecule has 5 heteroatoms. The fourth-order valence-electron chi connectivity index (χ4n) is 3.57. The summed E-state index contributed by atoms with van der Waals surface area (Å²) in [6, 6.07) is 4.65. The number of rotatable bonds is 3. The molecule has 1 aliphatic heterocycles. The Hall–Kier alpha value is -1.88. The SMILES string of the molecule is Cc1ccc(C(=O)O)cc1NC(=O)C1NCC2CCCC21. The number of aryl methyl sites for hydroxylation is 1. The van der Waals surface area contributed by atoms with Gasteiger partial charge in [0.05, 0.1) is 11.6 Å². The van der Waals surface area contributed by atoms with E-state index in [0.717, 1.165) is 18.5 Å². The average Bonchev–Trinajstić information content (AvgIpc) is 3.03. The zero-order chi connectivity index (χ0) is 15.0. The lowest BCUT2D eigenvalue weighted by Crippen LogP contribution is -2.39. The van der Waals surface area contributed by atoms with Gasteiger partial charge in [-0.2, -0.15) is 0 Å². The molecule has 21 heavy (non-hydrogen) atoms. The summed E-state index contributed by atoms with van der Waals surface area (Å²) in [6.07, 6.45) is 3.51. The Morgan fingerprint density at radius 3 is 2.90 bits per heavy atom. The molecular weight excluding hydrogens is 268 g/mol. The highest BCUT2D eigenvalue weighted by Gasteiger charge is 2.42. The van der Waals surface area contributed by atoms with Crippen LogP contribution >= 0.6 is 0 Å². The van der Waals surface area contributed by atoms with Crippen LogP contribution < -0.4 is 10.6 Å². The van der Waals surface area contributed by atoms with Gasteiger partial charge in [-0.3, -0.25) is 4.79 Å². The maximum atomic E-state index is 12.5. The van der Waals surface area contributed by atoms with Gasteiger partial charge in [-0.05, 0) is 55.8 Å². The minimum Gasteiger partial charge on any atom is -0.478 e. The van der Waals surface area contributed by atoms with Crippen LogP contribution in [-0.2, 0) is 4.79 Å². The molecule has 3 N–H and O–H groups in total. The quantitative estimate of drug-likeness (QED) is 0.795. The number of anilines is 1. The van der Waals surface area contributed by atoms with Crippen LogP contribution in [0.2, 0.25) is 0 Å². The first kappa shape index (κ1) is 14.1. The second-order valence-electron chi connectivity index (χ2n) is 6.06. The molecule has 0 spiro atoms. The molecule has 1 saturated carbocycles. The molecule has 112 valence electrons. The summed E-state index contributed by atoms with van der Waals surface area (Å²) in [6.45, 7) is 2.78. The zero-order valence-electron chi connectivity index (χ0n) is 12.1. The van der Waals surface area contributed by atoms with E-state index in [1.807, 2.05) is 6.92 Å². The lowest BCUT2D eigenvalue weighted by molar-refractivity contribution is -0.118. The van der Waals surface area contributed by atoms with Crippen molar-refractivity contribution in [3.8, 4) is 0 Å². The molecule has 5 nitrogen and oxygen atoms in total. The number of benzene rings is 1. The van der Waals surface area contributed by atoms with Crippen LogP contribution in [0, 0.1) is 18.8 Å². The van der Waals surface area contributed by atoms with Gasteiger partial charge in [0.1, 0.15) is 0 Å². The van der Waals surface area contributed by atoms with Crippen molar-refractivity contribution in [2.45, 2.75) is 32.2 Å². The predicted molar refractivity (Wildman–Crippen MR) is 79.4 cm³/mol. The topological polar surface area (TPSA) is 78.4 Å². The number of nitrogens with one attached hydrogen (secondary N) is 2. The molecule has 0 radical (unpaired) electrons. The third kappa shape index (κ3) is 2.65. The van der Waals surface area contributed by atoms with Crippen LogP contribution in [0.3, 0.4) is 0 Å². The van der Waals surface area contributed by atoms with Gasteiger partial charge in [0, 0.05) is 5.69 Å². The van der Waals surface area contributed by atoms with E-state index in [-0.39, 0.29) is 17.5 Å². The molecule has 3 unspecified atom stereocenters. The van der Waals surface area contributed by atoms with E-state index in [0.29, 0.717) is 17.5 Å². The Labute approximate surface area is 123 Å². The Bertz CT molecular complexity index is 585. The minimum atomic E-state index is -0.986. The molecule has 1 aliphatic carbocycles. The second-order valence-corrected chi connectivity index (χ2v) is 6.06. The van der Waals surface area contributed by atoms with E-state index in [2.05, 4.69) is 10.6 Å². The monoisotopic (exact) mass is 288 g/mol. The Morgan fingerprint density at radius 1 is 1.33 bits per heavy atom. The van der Waals surface area contributed by atoms with E-state index in [1.54, 1.807) is 12.1 Å². The third-order valence-corrected chi connectivity index (χ3v) is 4.77. The van der Waals surface area contributed by atoms with Crippen molar-refractivity contribution in [2.75, 3.05) is 11.9 Å². The molecule has 0 aromatic heterocycles. The van der Waals surface area contributed by atoms with Crippen LogP contribution in [0.15, 0.2) is 18.2 Å². The smallest absolute Gasteiger partial charge is 0.335 e. The summed E-state index contributed by atoms with van der Waals surface area (Å²) in [7, 11) is 0. The Kier molecular flexibility index (Phi) is 3.68. The summed E-state index contributed by atoms with van der Waals surface area (Å²) in [5.41, 5.74) is 1.64. The first-order valence-electron chi connectivity index (χ1n) is 7.44. The lowest BCUT2D eigenvalue weighted by atomic mass is 9.93. The number of amides is 1. The lowest BCUT2D eigenvalue weighted by Gasteiger charge is -2.18. The largest absolute Gasteiger partial charge is 0.478 e. The molecule has 2 fully saturated rings. The van der Waals surface area contributed by atoms with Gasteiger partial charge in [-0.15, -0.1) is 0 Å². The van der Waals surface area contributed by atoms with E-state index in [9.17, 15) is 9.59 Å². The third-order valence-electron chi connectivity index (χ3n) is 4.77. The van der Waals surface area contributed by atoms with E-state index in [4.69, 9.17) is 5.11 Å². The summed E-state index contributed by atoms with van der Waals surface area (Å²) >= 11 is 0. The van der Waals surface area contributed by atoms with Crippen LogP contribution in [0.25, 0.3) is 0 Å². The second kappa shape index (κ2) is 5.48. The first-order valence-corrected chi connectivity index (χ1v) is 7.44. The van der Waals surface area contributed by atoms with E-state index < -0.39 is 5.97 Å². The predicted octanol–water partition coefficient (Wildman–Crippen LogP) is 2.02. The fraction of sp³-hybridized carbons (Fsp3) is 0.500. The number of carboxylic acids is 1. The number of carboxylic acid groups (broad SMARTS) is 1. The molecule has 1 aromatic carbocycles. The van der Waals surface area contributed by atoms with Crippen molar-refractivity contribution in [1.29, 1.82) is 0 Å². The van der Waals surface area contributed by atoms with Crippen molar-refractivity contribution in [1.82, 2.24) is 5.32 Å². The van der Waals surface area contributed by atoms with Crippen molar-refractivity contribution >= 4 is 17.6 Å². The van der Waals surface area contributed by atoms with E-state index >= 15 is 0 Å². The normalized spacial score (nSPS) is 27.4. The Balaban J connectivity index is 1.75. The van der Waals surface area contributed by atoms with Crippen molar-refractivity contribution in [3.05, 3.63) is 29.3 Å². The maximum Gasteiger partial charge on any atom is 0.335 e. The molecule has 1 aromatic rings. The van der Waals surface area contributed by atoms with Gasteiger partial charge in [0.25, 0.3) is 0 Å². The maximum absolute atomic E-state index is 12.5. The average molecular weight is 288 g/mol. The Morgan fingerprint density at radius 2 is 2.14 bits per heavy atom. The summed E-state index contributed by atoms with van der Waals surface area (Å²) in [5.74, 6) is 0.00977. The highest BCUT2D eigenvalue weighted by Crippen LogP contribution is 2.38. The number of fused-ring (bicyclic) bond motifs is 1. The molecule has 3 rings (SSSR count). The van der Waals surface area contributed by atoms with Crippen LogP contribution in [-0.4, -0.2) is 29.6 Å². The van der Waals surface area contributed by atoms with Gasteiger partial charge in [-0.1, -0.05) is 12.5 Å². The van der Waals surface area contributed by atoms with Gasteiger partial charge < -0.3 is 15.7 Å². The molecule has 0 bridgehead atoms. The fourth-order valence-corrected chi connectivity index (χ4v) is 3.57. The highest BCUT2D eigenvalue weighted by molar-refractivity contribution is 5.97. The summed E-state index contributed by atoms with van der Waals surface area (Å²) in [5, 5.41) is 15.2. The molecular formula is C16H20N2O3. The number of carbonyl (C=O) groups is 2. The summed E-state index contributed by atoms with van der Waals surface area (Å²) < 4.78 is 0. The van der Waals surface area contributed by atoms with Crippen LogP contribution in [0.5, 0.6) is 0 Å². The minimum absolute atomic E-state index is 0.0463.